The summed E-state index contributed by atoms with van der Waals surface area (Å²) >= 11 is 0. The van der Waals surface area contributed by atoms with E-state index in [-0.39, 0.29) is 6.61 Å². The van der Waals surface area contributed by atoms with Gasteiger partial charge in [0.2, 0.25) is 0 Å². The van der Waals surface area contributed by atoms with Crippen LogP contribution in [0.3, 0.4) is 0 Å². The second-order valence-electron chi connectivity index (χ2n) is 4.83. The zero-order valence-corrected chi connectivity index (χ0v) is 12.8. The predicted octanol–water partition coefficient (Wildman–Crippen LogP) is 3.41. The SMILES string of the molecule is CC(C)CCCCCOS(=O)(=O)O.Oc1ccccc1. The molecule has 116 valence electrons. The Morgan fingerprint density at radius 2 is 1.70 bits per heavy atom. The van der Waals surface area contributed by atoms with Crippen LogP contribution in [0.4, 0.5) is 0 Å². The maximum atomic E-state index is 10.1. The molecular formula is C14H24O5S. The Morgan fingerprint density at radius 1 is 1.10 bits per heavy atom. The lowest BCUT2D eigenvalue weighted by atomic mass is 10.1. The van der Waals surface area contributed by atoms with Crippen molar-refractivity contribution in [1.82, 2.24) is 0 Å². The molecule has 0 spiro atoms. The summed E-state index contributed by atoms with van der Waals surface area (Å²) in [6.45, 7) is 4.38. The van der Waals surface area contributed by atoms with Crippen LogP contribution in [-0.2, 0) is 14.6 Å². The Hall–Kier alpha value is -1.11. The van der Waals surface area contributed by atoms with E-state index in [1.165, 1.54) is 0 Å². The van der Waals surface area contributed by atoms with Gasteiger partial charge in [-0.2, -0.15) is 8.42 Å². The Balaban J connectivity index is 0.000000428. The molecule has 0 radical (unpaired) electrons. The van der Waals surface area contributed by atoms with Gasteiger partial charge in [0, 0.05) is 0 Å². The number of rotatable bonds is 7. The van der Waals surface area contributed by atoms with Crippen LogP contribution in [0.2, 0.25) is 0 Å². The first kappa shape index (κ1) is 18.9. The molecule has 0 aliphatic rings. The van der Waals surface area contributed by atoms with Gasteiger partial charge in [-0.1, -0.05) is 51.3 Å². The first-order valence-electron chi connectivity index (χ1n) is 6.67. The Morgan fingerprint density at radius 3 is 2.10 bits per heavy atom. The van der Waals surface area contributed by atoms with E-state index in [2.05, 4.69) is 18.0 Å². The average Bonchev–Trinajstić information content (AvgIpc) is 2.34. The van der Waals surface area contributed by atoms with Crippen molar-refractivity contribution in [3.8, 4) is 5.75 Å². The van der Waals surface area contributed by atoms with E-state index in [1.807, 2.05) is 6.07 Å². The van der Waals surface area contributed by atoms with Gasteiger partial charge >= 0.3 is 10.4 Å². The van der Waals surface area contributed by atoms with Crippen molar-refractivity contribution in [1.29, 1.82) is 0 Å². The molecule has 0 amide bonds. The minimum Gasteiger partial charge on any atom is -0.508 e. The second-order valence-corrected chi connectivity index (χ2v) is 5.92. The zero-order chi connectivity index (χ0) is 15.4. The standard InChI is InChI=1S/C8H18O4S.C6H6O/c1-8(2)6-4-3-5-7-12-13(9,10)11;7-6-4-2-1-3-5-6/h8H,3-7H2,1-2H3,(H,9,10,11);1-5,7H. The molecule has 0 aliphatic heterocycles. The second kappa shape index (κ2) is 10.7. The number of para-hydroxylation sites is 1. The highest BCUT2D eigenvalue weighted by atomic mass is 32.3. The number of phenolic OH excluding ortho intramolecular Hbond substituents is 1. The number of benzene rings is 1. The molecule has 0 aromatic heterocycles. The summed E-state index contributed by atoms with van der Waals surface area (Å²) in [4.78, 5) is 0. The molecule has 0 aliphatic carbocycles. The van der Waals surface area contributed by atoms with E-state index < -0.39 is 10.4 Å². The summed E-state index contributed by atoms with van der Waals surface area (Å²) in [5, 5.41) is 8.63. The van der Waals surface area contributed by atoms with Crippen molar-refractivity contribution in [2.75, 3.05) is 6.61 Å². The van der Waals surface area contributed by atoms with Crippen molar-refractivity contribution < 1.29 is 22.3 Å². The van der Waals surface area contributed by atoms with Gasteiger partial charge in [-0.25, -0.2) is 4.18 Å². The summed E-state index contributed by atoms with van der Waals surface area (Å²) in [5.41, 5.74) is 0. The molecule has 0 saturated carbocycles. The van der Waals surface area contributed by atoms with Gasteiger partial charge in [0.1, 0.15) is 5.75 Å². The molecule has 5 nitrogen and oxygen atoms in total. The fourth-order valence-electron chi connectivity index (χ4n) is 1.42. The monoisotopic (exact) mass is 304 g/mol. The number of hydrogen-bond acceptors (Lipinski definition) is 4. The Kier molecular flexibility index (Phi) is 10.1. The minimum atomic E-state index is -4.23. The van der Waals surface area contributed by atoms with Crippen LogP contribution in [0.1, 0.15) is 39.5 Å². The van der Waals surface area contributed by atoms with Crippen LogP contribution >= 0.6 is 0 Å². The van der Waals surface area contributed by atoms with Crippen molar-refractivity contribution in [3.05, 3.63) is 30.3 Å². The first-order valence-corrected chi connectivity index (χ1v) is 8.03. The molecule has 1 aromatic rings. The number of aromatic hydroxyl groups is 1. The van der Waals surface area contributed by atoms with Crippen molar-refractivity contribution in [2.45, 2.75) is 39.5 Å². The lowest BCUT2D eigenvalue weighted by Gasteiger charge is -2.03. The van der Waals surface area contributed by atoms with Gasteiger partial charge in [0.15, 0.2) is 0 Å². The van der Waals surface area contributed by atoms with Crippen molar-refractivity contribution in [2.24, 2.45) is 5.92 Å². The van der Waals surface area contributed by atoms with Crippen LogP contribution in [0.15, 0.2) is 30.3 Å². The highest BCUT2D eigenvalue weighted by molar-refractivity contribution is 7.80. The van der Waals surface area contributed by atoms with Crippen LogP contribution in [0.25, 0.3) is 0 Å². The molecule has 1 aromatic carbocycles. The molecule has 0 saturated heterocycles. The predicted molar refractivity (Wildman–Crippen MR) is 78.9 cm³/mol. The van der Waals surface area contributed by atoms with Gasteiger partial charge < -0.3 is 5.11 Å². The summed E-state index contributed by atoms with van der Waals surface area (Å²) in [6.07, 6.45) is 3.83. The Bertz CT molecular complexity index is 428. The van der Waals surface area contributed by atoms with Gasteiger partial charge in [0.05, 0.1) is 6.61 Å². The summed E-state index contributed by atoms with van der Waals surface area (Å²) in [7, 11) is -4.23. The molecular weight excluding hydrogens is 280 g/mol. The maximum Gasteiger partial charge on any atom is 0.397 e. The maximum absolute atomic E-state index is 10.1. The van der Waals surface area contributed by atoms with Gasteiger partial charge in [-0.15, -0.1) is 0 Å². The highest BCUT2D eigenvalue weighted by Gasteiger charge is 2.02. The largest absolute Gasteiger partial charge is 0.508 e. The third kappa shape index (κ3) is 14.9. The summed E-state index contributed by atoms with van der Waals surface area (Å²) < 4.78 is 32.6. The molecule has 0 atom stereocenters. The molecule has 2 N–H and O–H groups in total. The summed E-state index contributed by atoms with van der Waals surface area (Å²) in [6, 6.07) is 8.71. The molecule has 20 heavy (non-hydrogen) atoms. The van der Waals surface area contributed by atoms with Crippen LogP contribution in [0, 0.1) is 5.92 Å². The number of hydrogen-bond donors (Lipinski definition) is 2. The molecule has 0 unspecified atom stereocenters. The number of phenols is 1. The van der Waals surface area contributed by atoms with Crippen molar-refractivity contribution in [3.63, 3.8) is 0 Å². The first-order chi connectivity index (χ1) is 9.31. The minimum absolute atomic E-state index is 0.0803. The lowest BCUT2D eigenvalue weighted by Crippen LogP contribution is -2.04. The Labute approximate surface area is 121 Å². The fraction of sp³-hybridized carbons (Fsp3) is 0.571. The van der Waals surface area contributed by atoms with E-state index >= 15 is 0 Å². The van der Waals surface area contributed by atoms with E-state index in [1.54, 1.807) is 24.3 Å². The van der Waals surface area contributed by atoms with Crippen LogP contribution in [-0.4, -0.2) is 24.7 Å². The summed E-state index contributed by atoms with van der Waals surface area (Å²) in [5.74, 6) is 1.00. The molecule has 0 heterocycles. The van der Waals surface area contributed by atoms with Crippen LogP contribution < -0.4 is 0 Å². The van der Waals surface area contributed by atoms with E-state index in [0.29, 0.717) is 18.1 Å². The highest BCUT2D eigenvalue weighted by Crippen LogP contribution is 2.08. The van der Waals surface area contributed by atoms with Crippen LogP contribution in [0.5, 0.6) is 5.75 Å². The van der Waals surface area contributed by atoms with Gasteiger partial charge in [0.25, 0.3) is 0 Å². The fourth-order valence-corrected chi connectivity index (χ4v) is 1.75. The molecule has 6 heteroatoms. The molecule has 0 fully saturated rings. The molecule has 1 rings (SSSR count). The van der Waals surface area contributed by atoms with E-state index in [0.717, 1.165) is 19.3 Å². The van der Waals surface area contributed by atoms with Gasteiger partial charge in [-0.3, -0.25) is 4.55 Å². The third-order valence-electron chi connectivity index (χ3n) is 2.41. The number of unbranched alkanes of at least 4 members (excludes halogenated alkanes) is 2. The lowest BCUT2D eigenvalue weighted by molar-refractivity contribution is 0.261. The normalized spacial score (nSPS) is 11.0. The third-order valence-corrected chi connectivity index (χ3v) is 2.88. The topological polar surface area (TPSA) is 83.8 Å². The van der Waals surface area contributed by atoms with E-state index in [4.69, 9.17) is 9.66 Å². The smallest absolute Gasteiger partial charge is 0.397 e. The van der Waals surface area contributed by atoms with Crippen molar-refractivity contribution >= 4 is 10.4 Å². The zero-order valence-electron chi connectivity index (χ0n) is 12.0. The molecule has 0 bridgehead atoms. The quantitative estimate of drug-likeness (QED) is 0.595. The van der Waals surface area contributed by atoms with Gasteiger partial charge in [-0.05, 0) is 24.5 Å². The average molecular weight is 304 g/mol. The van der Waals surface area contributed by atoms with E-state index in [9.17, 15) is 8.42 Å².